The summed E-state index contributed by atoms with van der Waals surface area (Å²) in [5.41, 5.74) is -0.428. The number of aromatic amines is 1. The number of hydrogen-bond acceptors (Lipinski definition) is 2. The average Bonchev–Trinajstić information content (AvgIpc) is 2.17. The van der Waals surface area contributed by atoms with Gasteiger partial charge in [0.1, 0.15) is 11.6 Å². The standard InChI is InChI=1S/C10H8FNO2/c1-14-7-4-6-2-3-12-10(13)9(6)8(11)5-7/h2-5H,1H3,(H,12,13). The molecule has 0 bridgehead atoms. The van der Waals surface area contributed by atoms with Crippen molar-refractivity contribution in [1.82, 2.24) is 4.98 Å². The second-order valence-electron chi connectivity index (χ2n) is 2.88. The summed E-state index contributed by atoms with van der Waals surface area (Å²) in [5.74, 6) is -0.165. The summed E-state index contributed by atoms with van der Waals surface area (Å²) in [7, 11) is 1.45. The molecule has 0 saturated heterocycles. The van der Waals surface area contributed by atoms with Crippen LogP contribution in [0.5, 0.6) is 5.75 Å². The molecule has 0 radical (unpaired) electrons. The third kappa shape index (κ3) is 1.25. The lowest BCUT2D eigenvalue weighted by Crippen LogP contribution is -2.06. The van der Waals surface area contributed by atoms with Gasteiger partial charge in [0.25, 0.3) is 5.56 Å². The highest BCUT2D eigenvalue weighted by Crippen LogP contribution is 2.20. The Balaban J connectivity index is 2.90. The molecule has 0 atom stereocenters. The fraction of sp³-hybridized carbons (Fsp3) is 0.100. The molecule has 0 amide bonds. The highest BCUT2D eigenvalue weighted by atomic mass is 19.1. The summed E-state index contributed by atoms with van der Waals surface area (Å²) in [6.45, 7) is 0. The lowest BCUT2D eigenvalue weighted by Gasteiger charge is -2.02. The third-order valence-electron chi connectivity index (χ3n) is 2.03. The molecular formula is C10H8FNO2. The number of hydrogen-bond donors (Lipinski definition) is 1. The van der Waals surface area contributed by atoms with Gasteiger partial charge in [-0.1, -0.05) is 0 Å². The molecule has 0 aliphatic heterocycles. The van der Waals surface area contributed by atoms with E-state index in [9.17, 15) is 9.18 Å². The van der Waals surface area contributed by atoms with Crippen LogP contribution >= 0.6 is 0 Å². The molecule has 2 rings (SSSR count). The van der Waals surface area contributed by atoms with E-state index in [2.05, 4.69) is 4.98 Å². The van der Waals surface area contributed by atoms with Crippen LogP contribution in [0.1, 0.15) is 0 Å². The number of benzene rings is 1. The number of halogens is 1. The quantitative estimate of drug-likeness (QED) is 0.748. The van der Waals surface area contributed by atoms with E-state index in [0.29, 0.717) is 11.1 Å². The summed E-state index contributed by atoms with van der Waals surface area (Å²) in [4.78, 5) is 13.7. The van der Waals surface area contributed by atoms with Gasteiger partial charge in [0, 0.05) is 12.3 Å². The molecule has 0 aliphatic rings. The van der Waals surface area contributed by atoms with Crippen LogP contribution in [0.4, 0.5) is 4.39 Å². The van der Waals surface area contributed by atoms with Gasteiger partial charge in [-0.3, -0.25) is 4.79 Å². The van der Waals surface area contributed by atoms with Crippen LogP contribution < -0.4 is 10.3 Å². The predicted molar refractivity (Wildman–Crippen MR) is 51.1 cm³/mol. The van der Waals surface area contributed by atoms with E-state index in [1.807, 2.05) is 0 Å². The van der Waals surface area contributed by atoms with Crippen molar-refractivity contribution >= 4 is 10.8 Å². The minimum Gasteiger partial charge on any atom is -0.497 e. The highest BCUT2D eigenvalue weighted by Gasteiger charge is 2.06. The van der Waals surface area contributed by atoms with Gasteiger partial charge in [-0.05, 0) is 17.5 Å². The van der Waals surface area contributed by atoms with Crippen molar-refractivity contribution in [1.29, 1.82) is 0 Å². The molecule has 1 aromatic heterocycles. The van der Waals surface area contributed by atoms with Gasteiger partial charge in [0.2, 0.25) is 0 Å². The van der Waals surface area contributed by atoms with Crippen LogP contribution in [-0.2, 0) is 0 Å². The summed E-state index contributed by atoms with van der Waals surface area (Å²) < 4.78 is 18.3. The molecule has 1 heterocycles. The number of nitrogens with one attached hydrogen (secondary N) is 1. The largest absolute Gasteiger partial charge is 0.497 e. The minimum atomic E-state index is -0.568. The van der Waals surface area contributed by atoms with Gasteiger partial charge in [0.15, 0.2) is 0 Å². The SMILES string of the molecule is COc1cc(F)c2c(=O)[nH]ccc2c1. The second-order valence-corrected chi connectivity index (χ2v) is 2.88. The topological polar surface area (TPSA) is 42.1 Å². The summed E-state index contributed by atoms with van der Waals surface area (Å²) >= 11 is 0. The van der Waals surface area contributed by atoms with E-state index in [1.54, 1.807) is 12.1 Å². The lowest BCUT2D eigenvalue weighted by molar-refractivity contribution is 0.412. The molecule has 3 nitrogen and oxygen atoms in total. The first-order chi connectivity index (χ1) is 6.72. The summed E-state index contributed by atoms with van der Waals surface area (Å²) in [5, 5.41) is 0.596. The molecule has 4 heteroatoms. The van der Waals surface area contributed by atoms with E-state index < -0.39 is 11.4 Å². The lowest BCUT2D eigenvalue weighted by atomic mass is 10.1. The number of H-pyrrole nitrogens is 1. The van der Waals surface area contributed by atoms with Gasteiger partial charge in [-0.2, -0.15) is 0 Å². The van der Waals surface area contributed by atoms with Crippen LogP contribution in [0.25, 0.3) is 10.8 Å². The van der Waals surface area contributed by atoms with Crippen molar-refractivity contribution in [3.8, 4) is 5.75 Å². The maximum Gasteiger partial charge on any atom is 0.258 e. The monoisotopic (exact) mass is 193 g/mol. The first-order valence-electron chi connectivity index (χ1n) is 4.07. The van der Waals surface area contributed by atoms with E-state index in [4.69, 9.17) is 4.74 Å². The number of methoxy groups -OCH3 is 1. The molecule has 0 saturated carbocycles. The van der Waals surface area contributed by atoms with Crippen LogP contribution in [0.3, 0.4) is 0 Å². The first kappa shape index (κ1) is 8.74. The minimum absolute atomic E-state index is 0.0632. The van der Waals surface area contributed by atoms with Crippen molar-refractivity contribution < 1.29 is 9.13 Å². The maximum atomic E-state index is 13.4. The Labute approximate surface area is 79.1 Å². The number of pyridine rings is 1. The van der Waals surface area contributed by atoms with Gasteiger partial charge in [0.05, 0.1) is 12.5 Å². The normalized spacial score (nSPS) is 10.4. The van der Waals surface area contributed by atoms with Gasteiger partial charge in [-0.15, -0.1) is 0 Å². The molecule has 14 heavy (non-hydrogen) atoms. The molecule has 1 aromatic carbocycles. The van der Waals surface area contributed by atoms with E-state index in [1.165, 1.54) is 19.4 Å². The molecule has 0 unspecified atom stereocenters. The van der Waals surface area contributed by atoms with Crippen molar-refractivity contribution in [2.75, 3.05) is 7.11 Å². The predicted octanol–water partition coefficient (Wildman–Crippen LogP) is 1.68. The molecular weight excluding hydrogens is 185 g/mol. The Morgan fingerprint density at radius 1 is 1.43 bits per heavy atom. The number of ether oxygens (including phenoxy) is 1. The van der Waals surface area contributed by atoms with Crippen LogP contribution in [0.2, 0.25) is 0 Å². The molecule has 1 N–H and O–H groups in total. The van der Waals surface area contributed by atoms with Crippen molar-refractivity contribution in [2.45, 2.75) is 0 Å². The molecule has 2 aromatic rings. The Kier molecular flexibility index (Phi) is 1.96. The second kappa shape index (κ2) is 3.14. The zero-order valence-corrected chi connectivity index (χ0v) is 7.50. The molecule has 72 valence electrons. The van der Waals surface area contributed by atoms with Crippen molar-refractivity contribution in [3.63, 3.8) is 0 Å². The Morgan fingerprint density at radius 2 is 2.21 bits per heavy atom. The first-order valence-corrected chi connectivity index (χ1v) is 4.07. The summed E-state index contributed by atoms with van der Waals surface area (Å²) in [6, 6.07) is 4.44. The zero-order chi connectivity index (χ0) is 10.1. The maximum absolute atomic E-state index is 13.4. The fourth-order valence-electron chi connectivity index (χ4n) is 1.37. The average molecular weight is 193 g/mol. The van der Waals surface area contributed by atoms with Crippen LogP contribution in [0, 0.1) is 5.82 Å². The smallest absolute Gasteiger partial charge is 0.258 e. The fourth-order valence-corrected chi connectivity index (χ4v) is 1.37. The zero-order valence-electron chi connectivity index (χ0n) is 7.50. The Morgan fingerprint density at radius 3 is 2.93 bits per heavy atom. The van der Waals surface area contributed by atoms with Crippen LogP contribution in [0.15, 0.2) is 29.2 Å². The number of fused-ring (bicyclic) bond motifs is 1. The van der Waals surface area contributed by atoms with Gasteiger partial charge in [-0.25, -0.2) is 4.39 Å². The van der Waals surface area contributed by atoms with Gasteiger partial charge >= 0.3 is 0 Å². The van der Waals surface area contributed by atoms with Gasteiger partial charge < -0.3 is 9.72 Å². The highest BCUT2D eigenvalue weighted by molar-refractivity contribution is 5.83. The van der Waals surface area contributed by atoms with Crippen molar-refractivity contribution in [3.05, 3.63) is 40.6 Å². The Bertz CT molecular complexity index is 533. The van der Waals surface area contributed by atoms with Crippen molar-refractivity contribution in [2.24, 2.45) is 0 Å². The van der Waals surface area contributed by atoms with E-state index >= 15 is 0 Å². The number of rotatable bonds is 1. The Hall–Kier alpha value is -1.84. The molecule has 0 aliphatic carbocycles. The van der Waals surface area contributed by atoms with Crippen LogP contribution in [-0.4, -0.2) is 12.1 Å². The molecule has 0 spiro atoms. The summed E-state index contributed by atoms with van der Waals surface area (Å²) in [6.07, 6.45) is 1.48. The van der Waals surface area contributed by atoms with E-state index in [0.717, 1.165) is 0 Å². The van der Waals surface area contributed by atoms with E-state index in [-0.39, 0.29) is 5.39 Å². The third-order valence-corrected chi connectivity index (χ3v) is 2.03. The number of aromatic nitrogens is 1. The molecule has 0 fully saturated rings.